The zero-order chi connectivity index (χ0) is 53.2. The van der Waals surface area contributed by atoms with Crippen LogP contribution < -0.4 is 6.15 Å². The fourth-order valence-electron chi connectivity index (χ4n) is 7.39. The average molecular weight is 1010 g/mol. The fourth-order valence-corrected chi connectivity index (χ4v) is 7.39. The summed E-state index contributed by atoms with van der Waals surface area (Å²) in [4.78, 5) is 118. The van der Waals surface area contributed by atoms with Gasteiger partial charge in [0.2, 0.25) is 5.78 Å². The molecule has 5 rings (SSSR count). The maximum atomic E-state index is 12.9. The number of benzene rings is 2. The van der Waals surface area contributed by atoms with Crippen LogP contribution in [0.1, 0.15) is 156 Å². The highest BCUT2D eigenvalue weighted by Gasteiger charge is 2.35. The van der Waals surface area contributed by atoms with E-state index < -0.39 is 47.1 Å². The van der Waals surface area contributed by atoms with Crippen LogP contribution in [0.15, 0.2) is 48.5 Å². The van der Waals surface area contributed by atoms with Crippen LogP contribution in [0.2, 0.25) is 0 Å². The number of amides is 2. The third-order valence-electron chi connectivity index (χ3n) is 10.8. The first-order valence-electron chi connectivity index (χ1n) is 23.8. The SMILES string of the molecule is CC(=O)O.CCOC(=O)C(OC(=O)CC1CCN(C(=O)OC(C)(C)C)CC1)C(=O)c1ccc(C(C)=O)cc1.CCOC(=O)c1ccc(-c2nc(CC3CCN(C(=O)OC(C)(C)C)CC3)[nH]c2C(C)=O)cc1.N. The minimum Gasteiger partial charge on any atom is -0.481 e. The van der Waals surface area contributed by atoms with E-state index in [0.717, 1.165) is 31.2 Å². The summed E-state index contributed by atoms with van der Waals surface area (Å²) in [5, 5.41) is 7.42. The number of carbonyl (C=O) groups is 9. The van der Waals surface area contributed by atoms with Crippen LogP contribution in [0.4, 0.5) is 9.59 Å². The molecule has 72 heavy (non-hydrogen) atoms. The van der Waals surface area contributed by atoms with Gasteiger partial charge in [0.1, 0.15) is 22.7 Å². The summed E-state index contributed by atoms with van der Waals surface area (Å²) in [6.07, 6.45) is 1.15. The maximum absolute atomic E-state index is 12.9. The highest BCUT2D eigenvalue weighted by atomic mass is 16.6. The maximum Gasteiger partial charge on any atom is 0.410 e. The van der Waals surface area contributed by atoms with Crippen LogP contribution in [0.25, 0.3) is 11.3 Å². The zero-order valence-electron chi connectivity index (χ0n) is 43.5. The zero-order valence-corrected chi connectivity index (χ0v) is 43.5. The molecule has 5 N–H and O–H groups in total. The molecule has 3 aromatic rings. The number of hydrogen-bond donors (Lipinski definition) is 3. The second-order valence-electron chi connectivity index (χ2n) is 19.1. The summed E-state index contributed by atoms with van der Waals surface area (Å²) < 4.78 is 26.1. The van der Waals surface area contributed by atoms with E-state index in [1.807, 2.05) is 20.8 Å². The Morgan fingerprint density at radius 1 is 0.667 bits per heavy atom. The molecule has 0 bridgehead atoms. The normalized spacial score (nSPS) is 14.3. The molecule has 3 heterocycles. The summed E-state index contributed by atoms with van der Waals surface area (Å²) in [6, 6.07) is 12.7. The highest BCUT2D eigenvalue weighted by molar-refractivity contribution is 6.12. The molecule has 1 aromatic heterocycles. The average Bonchev–Trinajstić information content (AvgIpc) is 3.72. The molecule has 2 aliphatic heterocycles. The number of nitrogens with zero attached hydrogens (tertiary/aromatic N) is 3. The van der Waals surface area contributed by atoms with Gasteiger partial charge in [-0.25, -0.2) is 24.2 Å². The second kappa shape index (κ2) is 28.2. The van der Waals surface area contributed by atoms with Gasteiger partial charge in [-0.1, -0.05) is 36.4 Å². The summed E-state index contributed by atoms with van der Waals surface area (Å²) in [5.74, 6) is -2.78. The number of ketones is 3. The molecule has 0 spiro atoms. The molecule has 396 valence electrons. The Bertz CT molecular complexity index is 2330. The number of likely N-dealkylation sites (tertiary alicyclic amines) is 2. The largest absolute Gasteiger partial charge is 0.481 e. The standard InChI is InChI=1S/C25H33N3O5.C25H33NO8.C2H4O2.H3N/c1-6-32-23(30)19-9-7-18(8-10-19)22-21(16(2)29)26-20(27-22)15-17-11-13-28(14-12-17)24(31)33-25(3,4)5;1-6-32-23(30)22(21(29)19-9-7-18(8-10-19)16(2)27)33-20(28)15-17-11-13-26(14-12-17)24(31)34-25(3,4)5;1-2(3)4;/h7-10,17H,6,11-15H2,1-5H3,(H,26,27);7-10,17,22H,6,11-15H2,1-5H3;1H3,(H,3,4);1H3. The molecule has 2 saturated heterocycles. The molecule has 20 heteroatoms. The minimum absolute atomic E-state index is 0. The van der Waals surface area contributed by atoms with Gasteiger partial charge in [-0.2, -0.15) is 0 Å². The lowest BCUT2D eigenvalue weighted by atomic mass is 9.93. The number of H-pyrrole nitrogens is 1. The van der Waals surface area contributed by atoms with E-state index >= 15 is 0 Å². The topological polar surface area (TPSA) is 290 Å². The number of carboxylic acid groups (broad SMARTS) is 1. The Hall–Kier alpha value is -6.96. The van der Waals surface area contributed by atoms with Gasteiger partial charge < -0.3 is 49.7 Å². The van der Waals surface area contributed by atoms with Gasteiger partial charge >= 0.3 is 30.1 Å². The van der Waals surface area contributed by atoms with Crippen molar-refractivity contribution < 1.29 is 71.9 Å². The number of ether oxygens (including phenoxy) is 5. The van der Waals surface area contributed by atoms with Gasteiger partial charge in [-0.15, -0.1) is 0 Å². The summed E-state index contributed by atoms with van der Waals surface area (Å²) in [5.41, 5.74) is 1.71. The third-order valence-corrected chi connectivity index (χ3v) is 10.8. The molecule has 2 fully saturated rings. The number of nitrogens with one attached hydrogen (secondary N) is 1. The summed E-state index contributed by atoms with van der Waals surface area (Å²) in [7, 11) is 0. The number of aliphatic carboxylic acids is 1. The second-order valence-corrected chi connectivity index (χ2v) is 19.1. The van der Waals surface area contributed by atoms with Crippen molar-refractivity contribution in [1.29, 1.82) is 0 Å². The van der Waals surface area contributed by atoms with Gasteiger partial charge in [-0.05, 0) is 112 Å². The number of esters is 3. The molecule has 2 amide bonds. The summed E-state index contributed by atoms with van der Waals surface area (Å²) in [6.45, 7) is 20.8. The lowest BCUT2D eigenvalue weighted by molar-refractivity contribution is -0.164. The number of rotatable bonds is 14. The van der Waals surface area contributed by atoms with Crippen molar-refractivity contribution in [3.05, 3.63) is 76.7 Å². The summed E-state index contributed by atoms with van der Waals surface area (Å²) >= 11 is 0. The number of aromatic nitrogens is 2. The van der Waals surface area contributed by atoms with Crippen molar-refractivity contribution in [1.82, 2.24) is 25.9 Å². The number of aromatic amines is 1. The van der Waals surface area contributed by atoms with E-state index in [9.17, 15) is 38.4 Å². The monoisotopic (exact) mass is 1010 g/mol. The lowest BCUT2D eigenvalue weighted by Crippen LogP contribution is -2.42. The molecule has 1 unspecified atom stereocenters. The predicted octanol–water partition coefficient (Wildman–Crippen LogP) is 8.48. The fraction of sp³-hybridized carbons (Fsp3) is 0.538. The molecule has 0 aliphatic carbocycles. The van der Waals surface area contributed by atoms with Crippen LogP contribution in [0, 0.1) is 11.8 Å². The van der Waals surface area contributed by atoms with Crippen molar-refractivity contribution in [3.63, 3.8) is 0 Å². The van der Waals surface area contributed by atoms with E-state index in [4.69, 9.17) is 38.6 Å². The number of carbonyl (C=O) groups excluding carboxylic acids is 8. The third kappa shape index (κ3) is 20.4. The van der Waals surface area contributed by atoms with Gasteiger partial charge in [0.05, 0.1) is 24.5 Å². The van der Waals surface area contributed by atoms with Gasteiger partial charge in [0.25, 0.3) is 12.1 Å². The number of hydrogen-bond acceptors (Lipinski definition) is 16. The molecular formula is C52H73N5O15. The molecular weight excluding hydrogens is 935 g/mol. The first-order valence-corrected chi connectivity index (χ1v) is 23.8. The quantitative estimate of drug-likeness (QED) is 0.0590. The molecule has 2 aliphatic rings. The molecule has 2 aromatic carbocycles. The van der Waals surface area contributed by atoms with E-state index in [0.29, 0.717) is 80.5 Å². The molecule has 20 nitrogen and oxygen atoms in total. The Kier molecular flexibility index (Phi) is 23.9. The Labute approximate surface area is 421 Å². The molecule has 0 radical (unpaired) electrons. The minimum atomic E-state index is -1.72. The van der Waals surface area contributed by atoms with Crippen LogP contribution in [0.5, 0.6) is 0 Å². The number of carboxylic acids is 1. The smallest absolute Gasteiger partial charge is 0.410 e. The van der Waals surface area contributed by atoms with Crippen LogP contribution in [-0.4, -0.2) is 135 Å². The first-order chi connectivity index (χ1) is 33.2. The van der Waals surface area contributed by atoms with Crippen LogP contribution >= 0.6 is 0 Å². The first kappa shape index (κ1) is 61.2. The number of imidazole rings is 1. The van der Waals surface area contributed by atoms with Crippen LogP contribution in [0.3, 0.4) is 0 Å². The number of piperidine rings is 2. The Morgan fingerprint density at radius 3 is 1.54 bits per heavy atom. The van der Waals surface area contributed by atoms with Gasteiger partial charge in [-0.3, -0.25) is 24.0 Å². The van der Waals surface area contributed by atoms with Crippen LogP contribution in [-0.2, 0) is 44.5 Å². The van der Waals surface area contributed by atoms with Gasteiger partial charge in [0, 0.05) is 69.6 Å². The molecule has 1 atom stereocenters. The van der Waals surface area contributed by atoms with E-state index in [-0.39, 0.29) is 54.3 Å². The van der Waals surface area contributed by atoms with Crippen molar-refractivity contribution in [3.8, 4) is 11.3 Å². The van der Waals surface area contributed by atoms with E-state index in [1.165, 1.54) is 38.1 Å². The molecule has 0 saturated carbocycles. The van der Waals surface area contributed by atoms with E-state index in [1.54, 1.807) is 68.7 Å². The van der Waals surface area contributed by atoms with Crippen molar-refractivity contribution in [2.24, 2.45) is 11.8 Å². The van der Waals surface area contributed by atoms with Crippen molar-refractivity contribution >= 4 is 53.4 Å². The van der Waals surface area contributed by atoms with Gasteiger partial charge in [0.15, 0.2) is 11.6 Å². The Balaban J connectivity index is 0.000000453. The Morgan fingerprint density at radius 2 is 1.11 bits per heavy atom. The lowest BCUT2D eigenvalue weighted by Gasteiger charge is -2.33. The van der Waals surface area contributed by atoms with Crippen molar-refractivity contribution in [2.75, 3.05) is 39.4 Å². The highest BCUT2D eigenvalue weighted by Crippen LogP contribution is 2.28. The predicted molar refractivity (Wildman–Crippen MR) is 265 cm³/mol. The van der Waals surface area contributed by atoms with E-state index in [2.05, 4.69) is 4.98 Å². The number of Topliss-reactive ketones (excluding diaryl/α,β-unsaturated/α-hetero) is 3. The van der Waals surface area contributed by atoms with Crippen molar-refractivity contribution in [2.45, 2.75) is 132 Å².